The van der Waals surface area contributed by atoms with Gasteiger partial charge in [-0.1, -0.05) is 0 Å². The van der Waals surface area contributed by atoms with Crippen LogP contribution in [0.1, 0.15) is 18.4 Å². The van der Waals surface area contributed by atoms with E-state index in [1.807, 2.05) is 0 Å². The molecule has 1 aromatic carbocycles. The van der Waals surface area contributed by atoms with E-state index in [-0.39, 0.29) is 23.1 Å². The van der Waals surface area contributed by atoms with E-state index in [1.54, 1.807) is 0 Å². The number of amides is 2. The van der Waals surface area contributed by atoms with Gasteiger partial charge in [0.25, 0.3) is 0 Å². The summed E-state index contributed by atoms with van der Waals surface area (Å²) in [5.41, 5.74) is -0.596. The summed E-state index contributed by atoms with van der Waals surface area (Å²) in [7, 11) is -3.11. The summed E-state index contributed by atoms with van der Waals surface area (Å²) in [4.78, 5) is 24.2. The Morgan fingerprint density at radius 3 is 2.19 bits per heavy atom. The van der Waals surface area contributed by atoms with Crippen LogP contribution >= 0.6 is 0 Å². The number of sulfone groups is 1. The van der Waals surface area contributed by atoms with E-state index in [0.29, 0.717) is 12.8 Å². The molecule has 1 aromatic rings. The molecule has 1 saturated heterocycles. The summed E-state index contributed by atoms with van der Waals surface area (Å²) in [5.74, 6) is -1.94. The van der Waals surface area contributed by atoms with Crippen LogP contribution in [0.3, 0.4) is 0 Å². The number of nitrogens with one attached hydrogen (secondary N) is 2. The van der Waals surface area contributed by atoms with Gasteiger partial charge < -0.3 is 10.6 Å². The molecular formula is C16H17F3N2O4S. The maximum absolute atomic E-state index is 12.5. The molecule has 0 radical (unpaired) electrons. The van der Waals surface area contributed by atoms with Crippen LogP contribution in [0.15, 0.2) is 24.3 Å². The fourth-order valence-electron chi connectivity index (χ4n) is 2.97. The summed E-state index contributed by atoms with van der Waals surface area (Å²) in [6.45, 7) is 0. The van der Waals surface area contributed by atoms with E-state index in [9.17, 15) is 31.2 Å². The molecule has 2 fully saturated rings. The fraction of sp³-hybridized carbons (Fsp3) is 0.500. The van der Waals surface area contributed by atoms with Gasteiger partial charge in [-0.15, -0.1) is 0 Å². The predicted molar refractivity (Wildman–Crippen MR) is 86.9 cm³/mol. The molecule has 3 unspecified atom stereocenters. The number of benzene rings is 1. The smallest absolute Gasteiger partial charge is 0.352 e. The summed E-state index contributed by atoms with van der Waals surface area (Å²) < 4.78 is 60.3. The second kappa shape index (κ2) is 6.57. The van der Waals surface area contributed by atoms with Gasteiger partial charge in [0.15, 0.2) is 9.84 Å². The highest BCUT2D eigenvalue weighted by Crippen LogP contribution is 2.40. The minimum Gasteiger partial charge on any atom is -0.352 e. The molecule has 0 bridgehead atoms. The first-order valence-corrected chi connectivity index (χ1v) is 9.86. The second-order valence-corrected chi connectivity index (χ2v) is 8.85. The number of anilines is 1. The van der Waals surface area contributed by atoms with Gasteiger partial charge in [0.05, 0.1) is 28.9 Å². The average molecular weight is 390 g/mol. The zero-order valence-corrected chi connectivity index (χ0v) is 14.4. The third-order valence-electron chi connectivity index (χ3n) is 4.52. The largest absolute Gasteiger partial charge is 0.416 e. The summed E-state index contributed by atoms with van der Waals surface area (Å²) in [5, 5.41) is 5.14. The Bertz CT molecular complexity index is 821. The van der Waals surface area contributed by atoms with Crippen LogP contribution in [0, 0.1) is 11.8 Å². The van der Waals surface area contributed by atoms with Crippen LogP contribution in [-0.4, -0.2) is 37.8 Å². The summed E-state index contributed by atoms with van der Waals surface area (Å²) in [6.07, 6.45) is -3.75. The molecule has 142 valence electrons. The zero-order valence-electron chi connectivity index (χ0n) is 13.5. The Balaban J connectivity index is 1.50. The van der Waals surface area contributed by atoms with Crippen LogP contribution in [0.4, 0.5) is 18.9 Å². The summed E-state index contributed by atoms with van der Waals surface area (Å²) >= 11 is 0. The van der Waals surface area contributed by atoms with E-state index < -0.39 is 45.4 Å². The maximum atomic E-state index is 12.5. The monoisotopic (exact) mass is 390 g/mol. The first kappa shape index (κ1) is 18.7. The van der Waals surface area contributed by atoms with Gasteiger partial charge in [-0.3, -0.25) is 9.59 Å². The fourth-order valence-corrected chi connectivity index (χ4v) is 4.64. The van der Waals surface area contributed by atoms with E-state index in [0.717, 1.165) is 24.3 Å². The minimum atomic E-state index is -4.45. The van der Waals surface area contributed by atoms with Crippen LogP contribution in [0.5, 0.6) is 0 Å². The van der Waals surface area contributed by atoms with Gasteiger partial charge in [0.1, 0.15) is 0 Å². The van der Waals surface area contributed by atoms with Gasteiger partial charge in [-0.05, 0) is 37.1 Å². The van der Waals surface area contributed by atoms with Crippen molar-refractivity contribution in [1.29, 1.82) is 0 Å². The topological polar surface area (TPSA) is 92.3 Å². The van der Waals surface area contributed by atoms with Crippen molar-refractivity contribution >= 4 is 27.3 Å². The lowest BCUT2D eigenvalue weighted by molar-refractivity contribution is -0.137. The van der Waals surface area contributed by atoms with Crippen molar-refractivity contribution in [3.05, 3.63) is 29.8 Å². The van der Waals surface area contributed by atoms with Crippen molar-refractivity contribution in [2.24, 2.45) is 11.8 Å². The van der Waals surface area contributed by atoms with Crippen molar-refractivity contribution in [2.75, 3.05) is 16.8 Å². The van der Waals surface area contributed by atoms with Crippen LogP contribution in [0.25, 0.3) is 0 Å². The Labute approximate surface area is 148 Å². The first-order valence-electron chi connectivity index (χ1n) is 8.04. The molecular weight excluding hydrogens is 373 g/mol. The molecule has 0 spiro atoms. The third-order valence-corrected chi connectivity index (χ3v) is 6.29. The van der Waals surface area contributed by atoms with E-state index in [2.05, 4.69) is 10.6 Å². The van der Waals surface area contributed by atoms with Crippen molar-refractivity contribution in [1.82, 2.24) is 5.32 Å². The van der Waals surface area contributed by atoms with Gasteiger partial charge in [0, 0.05) is 11.7 Å². The number of carbonyl (C=O) groups excluding carboxylic acids is 2. The molecule has 3 atom stereocenters. The van der Waals surface area contributed by atoms with Crippen LogP contribution in [-0.2, 0) is 25.6 Å². The normalized spacial score (nSPS) is 27.0. The number of alkyl halides is 3. The van der Waals surface area contributed by atoms with Gasteiger partial charge in [0.2, 0.25) is 11.8 Å². The molecule has 2 amide bonds. The SMILES string of the molecule is O=C(Nc1ccc(C(F)(F)F)cc1)C1CC1C(=O)NC1CCS(=O)(=O)C1. The van der Waals surface area contributed by atoms with Crippen molar-refractivity contribution < 1.29 is 31.2 Å². The lowest BCUT2D eigenvalue weighted by atomic mass is 10.2. The van der Waals surface area contributed by atoms with Crippen molar-refractivity contribution in [3.63, 3.8) is 0 Å². The molecule has 26 heavy (non-hydrogen) atoms. The highest BCUT2D eigenvalue weighted by atomic mass is 32.2. The molecule has 1 aliphatic heterocycles. The molecule has 6 nitrogen and oxygen atoms in total. The Hall–Kier alpha value is -2.10. The molecule has 3 rings (SSSR count). The quantitative estimate of drug-likeness (QED) is 0.817. The Morgan fingerprint density at radius 2 is 1.65 bits per heavy atom. The summed E-state index contributed by atoms with van der Waals surface area (Å²) in [6, 6.07) is 3.62. The first-order chi connectivity index (χ1) is 12.0. The Morgan fingerprint density at radius 1 is 1.04 bits per heavy atom. The molecule has 1 saturated carbocycles. The Kier molecular flexibility index (Phi) is 4.72. The third kappa shape index (κ3) is 4.35. The van der Waals surface area contributed by atoms with E-state index in [1.165, 1.54) is 0 Å². The highest BCUT2D eigenvalue weighted by Gasteiger charge is 2.48. The highest BCUT2D eigenvalue weighted by molar-refractivity contribution is 7.91. The second-order valence-electron chi connectivity index (χ2n) is 6.62. The molecule has 1 aliphatic carbocycles. The van der Waals surface area contributed by atoms with E-state index >= 15 is 0 Å². The minimum absolute atomic E-state index is 0.0421. The van der Waals surface area contributed by atoms with Gasteiger partial charge in [-0.25, -0.2) is 8.42 Å². The number of hydrogen-bond acceptors (Lipinski definition) is 4. The van der Waals surface area contributed by atoms with Crippen LogP contribution < -0.4 is 10.6 Å². The van der Waals surface area contributed by atoms with Gasteiger partial charge in [-0.2, -0.15) is 13.2 Å². The molecule has 2 aliphatic rings. The average Bonchev–Trinajstić information content (AvgIpc) is 3.26. The standard InChI is InChI=1S/C16H17F3N2O4S/c17-16(18,19)9-1-3-10(4-2-9)20-14(22)12-7-13(12)15(23)21-11-5-6-26(24,25)8-11/h1-4,11-13H,5-8H2,(H,20,22)(H,21,23). The number of rotatable bonds is 4. The molecule has 0 aromatic heterocycles. The molecule has 10 heteroatoms. The number of carbonyl (C=O) groups is 2. The van der Waals surface area contributed by atoms with Crippen LogP contribution in [0.2, 0.25) is 0 Å². The lowest BCUT2D eigenvalue weighted by Gasteiger charge is -2.11. The van der Waals surface area contributed by atoms with Crippen molar-refractivity contribution in [2.45, 2.75) is 25.1 Å². The van der Waals surface area contributed by atoms with E-state index in [4.69, 9.17) is 0 Å². The van der Waals surface area contributed by atoms with Gasteiger partial charge >= 0.3 is 6.18 Å². The maximum Gasteiger partial charge on any atom is 0.416 e. The zero-order chi connectivity index (χ0) is 19.1. The molecule has 1 heterocycles. The number of hydrogen-bond donors (Lipinski definition) is 2. The molecule has 2 N–H and O–H groups in total. The van der Waals surface area contributed by atoms with Crippen molar-refractivity contribution in [3.8, 4) is 0 Å². The lowest BCUT2D eigenvalue weighted by Crippen LogP contribution is -2.37. The number of halogens is 3. The predicted octanol–water partition coefficient (Wildman–Crippen LogP) is 1.58.